The summed E-state index contributed by atoms with van der Waals surface area (Å²) in [5.41, 5.74) is 4.17. The van der Waals surface area contributed by atoms with Crippen LogP contribution in [0.2, 0.25) is 5.02 Å². The number of urea groups is 1. The number of carbonyl (C=O) groups is 3. The van der Waals surface area contributed by atoms with E-state index < -0.39 is 18.1 Å². The van der Waals surface area contributed by atoms with Crippen molar-refractivity contribution in [3.63, 3.8) is 0 Å². The monoisotopic (exact) mass is 584 g/mol. The first kappa shape index (κ1) is 28.0. The predicted molar refractivity (Wildman–Crippen MR) is 163 cm³/mol. The first-order chi connectivity index (χ1) is 20.5. The zero-order chi connectivity index (χ0) is 29.2. The standard InChI is InChI=1S/C33H33ClN4O4/c1-2-3-17-42-18-9-16-35-31(39)24-13-5-7-15-27(24)38-32(40)28-20-25-23-12-4-6-14-26(23)36-29(25)30(37(28)33(38)41)21-10-8-11-22(34)19-21/h4-8,10-15,19,28,30,36H,2-3,9,16-18,20H2,1H3,(H,35,39)/t28-,30-/m0/s1. The van der Waals surface area contributed by atoms with E-state index in [1.54, 1.807) is 35.2 Å². The van der Waals surface area contributed by atoms with Crippen LogP contribution in [-0.2, 0) is 16.0 Å². The number of carbonyl (C=O) groups excluding carboxylic acids is 3. The van der Waals surface area contributed by atoms with Gasteiger partial charge in [-0.15, -0.1) is 0 Å². The Bertz CT molecular complexity index is 1650. The Morgan fingerprint density at radius 3 is 2.64 bits per heavy atom. The highest BCUT2D eigenvalue weighted by atomic mass is 35.5. The number of halogens is 1. The van der Waals surface area contributed by atoms with Gasteiger partial charge in [-0.25, -0.2) is 9.69 Å². The first-order valence-corrected chi connectivity index (χ1v) is 14.8. The number of nitrogens with one attached hydrogen (secondary N) is 2. The lowest BCUT2D eigenvalue weighted by atomic mass is 9.89. The van der Waals surface area contributed by atoms with Crippen LogP contribution in [0.4, 0.5) is 10.5 Å². The summed E-state index contributed by atoms with van der Waals surface area (Å²) in [6.07, 6.45) is 3.11. The molecule has 42 heavy (non-hydrogen) atoms. The highest BCUT2D eigenvalue weighted by molar-refractivity contribution is 6.30. The van der Waals surface area contributed by atoms with Crippen molar-refractivity contribution in [3.8, 4) is 0 Å². The van der Waals surface area contributed by atoms with Crippen molar-refractivity contribution in [1.29, 1.82) is 0 Å². The molecule has 0 aliphatic carbocycles. The number of nitrogens with zero attached hydrogens (tertiary/aromatic N) is 2. The number of hydrogen-bond donors (Lipinski definition) is 2. The molecule has 3 aromatic carbocycles. The number of para-hydroxylation sites is 2. The van der Waals surface area contributed by atoms with E-state index in [1.165, 1.54) is 4.90 Å². The third-order valence-electron chi connectivity index (χ3n) is 8.00. The minimum absolute atomic E-state index is 0.272. The molecule has 2 atom stereocenters. The highest BCUT2D eigenvalue weighted by Crippen LogP contribution is 2.45. The molecule has 2 aliphatic rings. The molecule has 0 radical (unpaired) electrons. The van der Waals surface area contributed by atoms with Crippen LogP contribution in [-0.4, -0.2) is 53.5 Å². The van der Waals surface area contributed by atoms with E-state index in [1.807, 2.05) is 42.5 Å². The molecule has 1 fully saturated rings. The lowest BCUT2D eigenvalue weighted by Gasteiger charge is -2.36. The molecule has 0 spiro atoms. The molecule has 0 saturated carbocycles. The van der Waals surface area contributed by atoms with Crippen molar-refractivity contribution in [2.24, 2.45) is 0 Å². The highest BCUT2D eigenvalue weighted by Gasteiger charge is 2.53. The number of rotatable bonds is 10. The van der Waals surface area contributed by atoms with E-state index in [4.69, 9.17) is 16.3 Å². The Morgan fingerprint density at radius 2 is 1.81 bits per heavy atom. The molecule has 0 bridgehead atoms. The van der Waals surface area contributed by atoms with Crippen LogP contribution in [0.25, 0.3) is 10.9 Å². The second-order valence-electron chi connectivity index (χ2n) is 10.7. The fraction of sp³-hybridized carbons (Fsp3) is 0.303. The van der Waals surface area contributed by atoms with Crippen LogP contribution in [0.5, 0.6) is 0 Å². The quantitative estimate of drug-likeness (QED) is 0.170. The molecule has 216 valence electrons. The number of unbranched alkanes of at least 4 members (excludes halogenated alkanes) is 1. The Kier molecular flexibility index (Phi) is 8.00. The summed E-state index contributed by atoms with van der Waals surface area (Å²) < 4.78 is 5.58. The summed E-state index contributed by atoms with van der Waals surface area (Å²) in [7, 11) is 0. The lowest BCUT2D eigenvalue weighted by Crippen LogP contribution is -2.44. The lowest BCUT2D eigenvalue weighted by molar-refractivity contribution is -0.120. The molecule has 1 saturated heterocycles. The summed E-state index contributed by atoms with van der Waals surface area (Å²) in [5.74, 6) is -0.695. The van der Waals surface area contributed by atoms with Crippen LogP contribution >= 0.6 is 11.6 Å². The second-order valence-corrected chi connectivity index (χ2v) is 11.1. The maximum atomic E-state index is 14.2. The summed E-state index contributed by atoms with van der Waals surface area (Å²) in [6, 6.07) is 20.3. The van der Waals surface area contributed by atoms with Crippen LogP contribution in [0.3, 0.4) is 0 Å². The number of aromatic nitrogens is 1. The van der Waals surface area contributed by atoms with Crippen molar-refractivity contribution >= 4 is 46.0 Å². The number of fused-ring (bicyclic) bond motifs is 4. The number of hydrogen-bond acceptors (Lipinski definition) is 4. The van der Waals surface area contributed by atoms with Gasteiger partial charge in [0.2, 0.25) is 0 Å². The summed E-state index contributed by atoms with van der Waals surface area (Å²) in [5, 5.41) is 4.48. The summed E-state index contributed by atoms with van der Waals surface area (Å²) in [6.45, 7) is 3.80. The Hall–Kier alpha value is -4.14. The molecule has 4 amide bonds. The average molecular weight is 585 g/mol. The largest absolute Gasteiger partial charge is 0.381 e. The molecule has 3 heterocycles. The molecule has 6 rings (SSSR count). The van der Waals surface area contributed by atoms with Gasteiger partial charge in [-0.2, -0.15) is 0 Å². The molecule has 4 aromatic rings. The maximum absolute atomic E-state index is 14.2. The van der Waals surface area contributed by atoms with Crippen molar-refractivity contribution in [3.05, 3.63) is 100 Å². The van der Waals surface area contributed by atoms with Gasteiger partial charge >= 0.3 is 6.03 Å². The normalized spacial score (nSPS) is 18.0. The topological polar surface area (TPSA) is 94.7 Å². The van der Waals surface area contributed by atoms with E-state index in [2.05, 4.69) is 17.2 Å². The van der Waals surface area contributed by atoms with Gasteiger partial charge in [0, 0.05) is 47.8 Å². The van der Waals surface area contributed by atoms with Crippen molar-refractivity contribution < 1.29 is 19.1 Å². The van der Waals surface area contributed by atoms with Crippen molar-refractivity contribution in [2.45, 2.75) is 44.7 Å². The van der Waals surface area contributed by atoms with Gasteiger partial charge in [-0.1, -0.05) is 67.4 Å². The summed E-state index contributed by atoms with van der Waals surface area (Å²) in [4.78, 5) is 47.9. The third kappa shape index (κ3) is 5.05. The number of anilines is 1. The first-order valence-electron chi connectivity index (χ1n) is 14.5. The molecule has 1 aromatic heterocycles. The zero-order valence-electron chi connectivity index (χ0n) is 23.4. The van der Waals surface area contributed by atoms with Crippen LogP contribution in [0, 0.1) is 0 Å². The Morgan fingerprint density at radius 1 is 1.02 bits per heavy atom. The molecule has 2 N–H and O–H groups in total. The Balaban J connectivity index is 1.32. The van der Waals surface area contributed by atoms with E-state index in [0.29, 0.717) is 37.6 Å². The summed E-state index contributed by atoms with van der Waals surface area (Å²) >= 11 is 6.40. The van der Waals surface area contributed by atoms with E-state index >= 15 is 0 Å². The van der Waals surface area contributed by atoms with Crippen molar-refractivity contribution in [2.75, 3.05) is 24.7 Å². The van der Waals surface area contributed by atoms with E-state index in [9.17, 15) is 14.4 Å². The smallest absolute Gasteiger partial charge is 0.332 e. The fourth-order valence-corrected chi connectivity index (χ4v) is 6.20. The van der Waals surface area contributed by atoms with Gasteiger partial charge in [-0.3, -0.25) is 14.5 Å². The number of amides is 4. The van der Waals surface area contributed by atoms with Crippen LogP contribution in [0.1, 0.15) is 59.4 Å². The van der Waals surface area contributed by atoms with Gasteiger partial charge in [0.25, 0.3) is 11.8 Å². The number of H-pyrrole nitrogens is 1. The maximum Gasteiger partial charge on any atom is 0.332 e. The SMILES string of the molecule is CCCCOCCCNC(=O)c1ccccc1N1C(=O)[C@@H]2Cc3c([nH]c4ccccc34)[C@H](c3cccc(Cl)c3)N2C1=O. The molecular weight excluding hydrogens is 552 g/mol. The van der Waals surface area contributed by atoms with Crippen LogP contribution in [0.15, 0.2) is 72.8 Å². The minimum atomic E-state index is -0.732. The van der Waals surface area contributed by atoms with E-state index in [0.717, 1.165) is 40.6 Å². The number of aromatic amines is 1. The number of ether oxygens (including phenoxy) is 1. The predicted octanol–water partition coefficient (Wildman–Crippen LogP) is 6.24. The number of imide groups is 1. The van der Waals surface area contributed by atoms with Gasteiger partial charge in [0.15, 0.2) is 0 Å². The van der Waals surface area contributed by atoms with Gasteiger partial charge in [-0.05, 0) is 54.3 Å². The minimum Gasteiger partial charge on any atom is -0.381 e. The molecular formula is C33H33ClN4O4. The van der Waals surface area contributed by atoms with Gasteiger partial charge in [0.05, 0.1) is 11.3 Å². The van der Waals surface area contributed by atoms with Crippen molar-refractivity contribution in [1.82, 2.24) is 15.2 Å². The molecule has 0 unspecified atom stereocenters. The molecule has 8 nitrogen and oxygen atoms in total. The van der Waals surface area contributed by atoms with Crippen LogP contribution < -0.4 is 10.2 Å². The zero-order valence-corrected chi connectivity index (χ0v) is 24.2. The van der Waals surface area contributed by atoms with E-state index in [-0.39, 0.29) is 23.1 Å². The molecule has 2 aliphatic heterocycles. The van der Waals surface area contributed by atoms with Gasteiger partial charge in [0.1, 0.15) is 12.1 Å². The van der Waals surface area contributed by atoms with Gasteiger partial charge < -0.3 is 15.0 Å². The average Bonchev–Trinajstić information content (AvgIpc) is 3.49. The third-order valence-corrected chi connectivity index (χ3v) is 8.23. The second kappa shape index (κ2) is 12.0. The molecule has 9 heteroatoms. The fourth-order valence-electron chi connectivity index (χ4n) is 6.00. The Labute approximate surface area is 249 Å². The number of benzene rings is 3.